The van der Waals surface area contributed by atoms with Crippen molar-refractivity contribution < 1.29 is 14.3 Å². The van der Waals surface area contributed by atoms with Crippen LogP contribution in [0.4, 0.5) is 0 Å². The monoisotopic (exact) mass is 289 g/mol. The van der Waals surface area contributed by atoms with E-state index in [2.05, 4.69) is 0 Å². The fraction of sp³-hybridized carbons (Fsp3) is 0.529. The highest BCUT2D eigenvalue weighted by Crippen LogP contribution is 2.24. The van der Waals surface area contributed by atoms with E-state index >= 15 is 0 Å². The van der Waals surface area contributed by atoms with Gasteiger partial charge in [0.15, 0.2) is 0 Å². The van der Waals surface area contributed by atoms with E-state index in [0.717, 1.165) is 31.2 Å². The van der Waals surface area contributed by atoms with Crippen molar-refractivity contribution in [1.82, 2.24) is 4.90 Å². The molecule has 0 aromatic heterocycles. The third kappa shape index (κ3) is 4.59. The number of aryl methyl sites for hydroxylation is 1. The quantitative estimate of drug-likeness (QED) is 0.756. The Morgan fingerprint density at radius 3 is 2.48 bits per heavy atom. The highest BCUT2D eigenvalue weighted by atomic mass is 16.5. The fourth-order valence-corrected chi connectivity index (χ4v) is 2.88. The molecule has 1 aromatic carbocycles. The number of benzene rings is 1. The van der Waals surface area contributed by atoms with Gasteiger partial charge in [0, 0.05) is 12.5 Å². The Balaban J connectivity index is 1.94. The van der Waals surface area contributed by atoms with Gasteiger partial charge in [-0.25, -0.2) is 0 Å². The normalized spacial score (nSPS) is 14.9. The molecular weight excluding hydrogens is 266 g/mol. The number of carbonyl (C=O) groups is 2. The minimum atomic E-state index is -0.338. The third-order valence-electron chi connectivity index (χ3n) is 4.08. The predicted octanol–water partition coefficient (Wildman–Crippen LogP) is 2.56. The fourth-order valence-electron chi connectivity index (χ4n) is 2.88. The minimum absolute atomic E-state index is 0.0520. The maximum atomic E-state index is 12.5. The van der Waals surface area contributed by atoms with Gasteiger partial charge in [0.1, 0.15) is 6.54 Å². The zero-order valence-corrected chi connectivity index (χ0v) is 12.6. The minimum Gasteiger partial charge on any atom is -0.468 e. The summed E-state index contributed by atoms with van der Waals surface area (Å²) in [4.78, 5) is 25.7. The number of ether oxygens (including phenoxy) is 1. The van der Waals surface area contributed by atoms with Crippen LogP contribution in [0.2, 0.25) is 0 Å². The van der Waals surface area contributed by atoms with Crippen LogP contribution in [-0.4, -0.2) is 36.5 Å². The Labute approximate surface area is 126 Å². The largest absolute Gasteiger partial charge is 0.468 e. The molecule has 4 nitrogen and oxygen atoms in total. The number of nitrogens with zero attached hydrogens (tertiary/aromatic N) is 1. The number of methoxy groups -OCH3 is 1. The smallest absolute Gasteiger partial charge is 0.325 e. The lowest BCUT2D eigenvalue weighted by atomic mass is 10.1. The SMILES string of the molecule is COC(=O)CN(C(=O)CCc1ccccc1)C1CCCC1. The molecule has 1 fully saturated rings. The molecule has 0 N–H and O–H groups in total. The number of rotatable bonds is 6. The second-order valence-electron chi connectivity index (χ2n) is 5.52. The van der Waals surface area contributed by atoms with E-state index in [4.69, 9.17) is 4.74 Å². The van der Waals surface area contributed by atoms with E-state index < -0.39 is 0 Å². The molecule has 1 saturated carbocycles. The average molecular weight is 289 g/mol. The summed E-state index contributed by atoms with van der Waals surface area (Å²) in [6, 6.07) is 10.2. The summed E-state index contributed by atoms with van der Waals surface area (Å²) < 4.78 is 4.72. The molecule has 1 amide bonds. The van der Waals surface area contributed by atoms with E-state index in [-0.39, 0.29) is 24.5 Å². The number of hydrogen-bond donors (Lipinski definition) is 0. The Bertz CT molecular complexity index is 466. The summed E-state index contributed by atoms with van der Waals surface area (Å²) in [6.07, 6.45) is 5.41. The first-order valence-electron chi connectivity index (χ1n) is 7.61. The first-order chi connectivity index (χ1) is 10.2. The Morgan fingerprint density at radius 1 is 1.19 bits per heavy atom. The van der Waals surface area contributed by atoms with Crippen LogP contribution < -0.4 is 0 Å². The standard InChI is InChI=1S/C17H23NO3/c1-21-17(20)13-18(15-9-5-6-10-15)16(19)12-11-14-7-3-2-4-8-14/h2-4,7-8,15H,5-6,9-13H2,1H3. The molecule has 0 bridgehead atoms. The molecule has 0 aliphatic heterocycles. The molecule has 0 saturated heterocycles. The molecule has 4 heteroatoms. The summed E-state index contributed by atoms with van der Waals surface area (Å²) in [5, 5.41) is 0. The van der Waals surface area contributed by atoms with E-state index in [0.29, 0.717) is 12.8 Å². The van der Waals surface area contributed by atoms with E-state index in [9.17, 15) is 9.59 Å². The Hall–Kier alpha value is -1.84. The molecule has 1 aliphatic rings. The van der Waals surface area contributed by atoms with E-state index in [1.165, 1.54) is 7.11 Å². The molecule has 0 radical (unpaired) electrons. The van der Waals surface area contributed by atoms with Crippen molar-refractivity contribution in [3.63, 3.8) is 0 Å². The highest BCUT2D eigenvalue weighted by Gasteiger charge is 2.28. The Morgan fingerprint density at radius 2 is 1.86 bits per heavy atom. The van der Waals surface area contributed by atoms with Crippen LogP contribution in [-0.2, 0) is 20.7 Å². The first-order valence-corrected chi connectivity index (χ1v) is 7.61. The second-order valence-corrected chi connectivity index (χ2v) is 5.52. The molecule has 114 valence electrons. The molecule has 1 aromatic rings. The zero-order valence-electron chi connectivity index (χ0n) is 12.6. The zero-order chi connectivity index (χ0) is 15.1. The average Bonchev–Trinajstić information content (AvgIpc) is 3.05. The summed E-state index contributed by atoms with van der Waals surface area (Å²) in [7, 11) is 1.36. The lowest BCUT2D eigenvalue weighted by molar-refractivity contribution is -0.148. The number of esters is 1. The van der Waals surface area contributed by atoms with Gasteiger partial charge in [0.05, 0.1) is 7.11 Å². The van der Waals surface area contributed by atoms with E-state index in [1.807, 2.05) is 30.3 Å². The van der Waals surface area contributed by atoms with Gasteiger partial charge in [-0.05, 0) is 24.8 Å². The van der Waals surface area contributed by atoms with Crippen molar-refractivity contribution in [2.24, 2.45) is 0 Å². The molecule has 0 spiro atoms. The summed E-state index contributed by atoms with van der Waals surface area (Å²) in [5.41, 5.74) is 1.15. The van der Waals surface area contributed by atoms with Crippen LogP contribution >= 0.6 is 0 Å². The maximum Gasteiger partial charge on any atom is 0.325 e. The van der Waals surface area contributed by atoms with Crippen LogP contribution in [0.5, 0.6) is 0 Å². The van der Waals surface area contributed by atoms with Crippen molar-refractivity contribution in [1.29, 1.82) is 0 Å². The van der Waals surface area contributed by atoms with Crippen LogP contribution in [0.25, 0.3) is 0 Å². The molecule has 0 unspecified atom stereocenters. The molecule has 21 heavy (non-hydrogen) atoms. The third-order valence-corrected chi connectivity index (χ3v) is 4.08. The second kappa shape index (κ2) is 7.81. The maximum absolute atomic E-state index is 12.5. The molecular formula is C17H23NO3. The number of carbonyl (C=O) groups excluding carboxylic acids is 2. The number of hydrogen-bond acceptors (Lipinski definition) is 3. The summed E-state index contributed by atoms with van der Waals surface area (Å²) in [6.45, 7) is 0.0782. The number of amides is 1. The van der Waals surface area contributed by atoms with Gasteiger partial charge in [0.2, 0.25) is 5.91 Å². The summed E-state index contributed by atoms with van der Waals surface area (Å²) in [5.74, 6) is -0.286. The highest BCUT2D eigenvalue weighted by molar-refractivity contribution is 5.82. The van der Waals surface area contributed by atoms with Crippen LogP contribution in [0, 0.1) is 0 Å². The van der Waals surface area contributed by atoms with Crippen LogP contribution in [0.3, 0.4) is 0 Å². The lowest BCUT2D eigenvalue weighted by Gasteiger charge is -2.28. The first kappa shape index (κ1) is 15.5. The molecule has 0 atom stereocenters. The van der Waals surface area contributed by atoms with Gasteiger partial charge in [-0.15, -0.1) is 0 Å². The van der Waals surface area contributed by atoms with Crippen molar-refractivity contribution >= 4 is 11.9 Å². The van der Waals surface area contributed by atoms with Gasteiger partial charge >= 0.3 is 5.97 Å². The van der Waals surface area contributed by atoms with Gasteiger partial charge < -0.3 is 9.64 Å². The molecule has 1 aliphatic carbocycles. The van der Waals surface area contributed by atoms with Crippen molar-refractivity contribution in [3.8, 4) is 0 Å². The summed E-state index contributed by atoms with van der Waals surface area (Å²) >= 11 is 0. The lowest BCUT2D eigenvalue weighted by Crippen LogP contribution is -2.42. The molecule has 0 heterocycles. The molecule has 2 rings (SSSR count). The van der Waals surface area contributed by atoms with Crippen molar-refractivity contribution in [2.75, 3.05) is 13.7 Å². The van der Waals surface area contributed by atoms with Crippen LogP contribution in [0.15, 0.2) is 30.3 Å². The topological polar surface area (TPSA) is 46.6 Å². The van der Waals surface area contributed by atoms with Crippen LogP contribution in [0.1, 0.15) is 37.7 Å². The van der Waals surface area contributed by atoms with Gasteiger partial charge in [-0.1, -0.05) is 43.2 Å². The van der Waals surface area contributed by atoms with Gasteiger partial charge in [0.25, 0.3) is 0 Å². The predicted molar refractivity (Wildman–Crippen MR) is 80.7 cm³/mol. The van der Waals surface area contributed by atoms with Crippen molar-refractivity contribution in [2.45, 2.75) is 44.6 Å². The van der Waals surface area contributed by atoms with E-state index in [1.54, 1.807) is 4.90 Å². The Kier molecular flexibility index (Phi) is 5.78. The van der Waals surface area contributed by atoms with Gasteiger partial charge in [-0.2, -0.15) is 0 Å². The van der Waals surface area contributed by atoms with Crippen molar-refractivity contribution in [3.05, 3.63) is 35.9 Å². The van der Waals surface area contributed by atoms with Gasteiger partial charge in [-0.3, -0.25) is 9.59 Å².